The lowest BCUT2D eigenvalue weighted by Crippen LogP contribution is -2.32. The van der Waals surface area contributed by atoms with Crippen LogP contribution in [0.5, 0.6) is 0 Å². The van der Waals surface area contributed by atoms with Gasteiger partial charge in [-0.3, -0.25) is 14.4 Å². The van der Waals surface area contributed by atoms with E-state index in [1.165, 1.54) is 23.8 Å². The van der Waals surface area contributed by atoms with Crippen LogP contribution in [0.25, 0.3) is 0 Å². The minimum atomic E-state index is -0.718. The Kier molecular flexibility index (Phi) is 7.99. The number of unbranched alkanes of at least 4 members (excludes halogenated alkanes) is 1. The third-order valence-electron chi connectivity index (χ3n) is 5.60. The van der Waals surface area contributed by atoms with Crippen molar-refractivity contribution in [1.29, 1.82) is 0 Å². The van der Waals surface area contributed by atoms with Crippen molar-refractivity contribution in [3.05, 3.63) is 98.6 Å². The van der Waals surface area contributed by atoms with Gasteiger partial charge in [-0.1, -0.05) is 66.3 Å². The van der Waals surface area contributed by atoms with Crippen molar-refractivity contribution < 1.29 is 14.4 Å². The molecule has 1 aliphatic heterocycles. The van der Waals surface area contributed by atoms with Gasteiger partial charge in [0.25, 0.3) is 17.7 Å². The van der Waals surface area contributed by atoms with E-state index >= 15 is 0 Å². The molecule has 3 amide bonds. The normalized spacial score (nSPS) is 13.4. The topological polar surface area (TPSA) is 78.5 Å². The lowest BCUT2D eigenvalue weighted by Gasteiger charge is -2.16. The maximum absolute atomic E-state index is 13.1. The van der Waals surface area contributed by atoms with Gasteiger partial charge in [0.2, 0.25) is 0 Å². The Bertz CT molecular complexity index is 1370. The van der Waals surface area contributed by atoms with E-state index in [1.54, 1.807) is 24.3 Å². The van der Waals surface area contributed by atoms with Crippen LogP contribution in [0.2, 0.25) is 10.0 Å². The lowest BCUT2D eigenvalue weighted by molar-refractivity contribution is -0.120. The Morgan fingerprint density at radius 2 is 1.64 bits per heavy atom. The standard InChI is InChI=1S/C27H22Cl3N3O3/c1-2-3-5-16-8-11-19(12-9-16)32-25(34)17-6-4-7-20(14-17)31-24-23(30)26(35)33(27(24)36)22-13-10-18(28)15-21(22)29/h4,6-15,31H,2-3,5H2,1H3,(H,32,34). The summed E-state index contributed by atoms with van der Waals surface area (Å²) in [5.41, 5.74) is 2.72. The number of aryl methyl sites for hydroxylation is 1. The molecule has 1 heterocycles. The Morgan fingerprint density at radius 3 is 2.33 bits per heavy atom. The Labute approximate surface area is 223 Å². The maximum atomic E-state index is 13.1. The highest BCUT2D eigenvalue weighted by atomic mass is 35.5. The van der Waals surface area contributed by atoms with Crippen LogP contribution in [0.1, 0.15) is 35.7 Å². The zero-order valence-corrected chi connectivity index (χ0v) is 21.5. The number of nitrogens with one attached hydrogen (secondary N) is 2. The molecule has 4 rings (SSSR count). The van der Waals surface area contributed by atoms with E-state index in [4.69, 9.17) is 34.8 Å². The van der Waals surface area contributed by atoms with E-state index in [2.05, 4.69) is 17.6 Å². The Balaban J connectivity index is 1.48. The first-order chi connectivity index (χ1) is 17.3. The summed E-state index contributed by atoms with van der Waals surface area (Å²) in [6.07, 6.45) is 3.24. The summed E-state index contributed by atoms with van der Waals surface area (Å²) >= 11 is 18.3. The minimum Gasteiger partial charge on any atom is -0.350 e. The van der Waals surface area contributed by atoms with Gasteiger partial charge in [0.05, 0.1) is 10.7 Å². The fourth-order valence-corrected chi connectivity index (χ4v) is 4.42. The second-order valence-electron chi connectivity index (χ2n) is 8.19. The molecule has 2 N–H and O–H groups in total. The monoisotopic (exact) mass is 541 g/mol. The van der Waals surface area contributed by atoms with Crippen molar-refractivity contribution in [2.75, 3.05) is 15.5 Å². The number of carbonyl (C=O) groups is 3. The van der Waals surface area contributed by atoms with Gasteiger partial charge >= 0.3 is 0 Å². The lowest BCUT2D eigenvalue weighted by atomic mass is 10.1. The number of halogens is 3. The second kappa shape index (κ2) is 11.2. The zero-order chi connectivity index (χ0) is 25.8. The summed E-state index contributed by atoms with van der Waals surface area (Å²) in [5.74, 6) is -1.71. The van der Waals surface area contributed by atoms with Crippen molar-refractivity contribution in [3.63, 3.8) is 0 Å². The van der Waals surface area contributed by atoms with Gasteiger partial charge in [-0.2, -0.15) is 0 Å². The number of imide groups is 1. The van der Waals surface area contributed by atoms with Crippen molar-refractivity contribution >= 4 is 69.6 Å². The Hall–Kier alpha value is -3.32. The largest absolute Gasteiger partial charge is 0.350 e. The van der Waals surface area contributed by atoms with E-state index < -0.39 is 11.8 Å². The van der Waals surface area contributed by atoms with Gasteiger partial charge in [0, 0.05) is 22.0 Å². The van der Waals surface area contributed by atoms with Gasteiger partial charge in [-0.25, -0.2) is 4.90 Å². The molecular formula is C27H22Cl3N3O3. The summed E-state index contributed by atoms with van der Waals surface area (Å²) in [6.45, 7) is 2.15. The quantitative estimate of drug-likeness (QED) is 0.300. The van der Waals surface area contributed by atoms with E-state index in [0.717, 1.165) is 24.2 Å². The fraction of sp³-hybridized carbons (Fsp3) is 0.148. The van der Waals surface area contributed by atoms with Crippen LogP contribution in [-0.4, -0.2) is 17.7 Å². The van der Waals surface area contributed by atoms with Crippen LogP contribution in [0.15, 0.2) is 77.5 Å². The van der Waals surface area contributed by atoms with Gasteiger partial charge < -0.3 is 10.6 Å². The molecule has 6 nitrogen and oxygen atoms in total. The number of amides is 3. The van der Waals surface area contributed by atoms with Gasteiger partial charge in [-0.15, -0.1) is 0 Å². The molecule has 0 aliphatic carbocycles. The molecule has 0 aromatic heterocycles. The first-order valence-electron chi connectivity index (χ1n) is 11.3. The molecule has 0 fully saturated rings. The molecule has 9 heteroatoms. The van der Waals surface area contributed by atoms with Crippen LogP contribution in [0, 0.1) is 0 Å². The molecule has 0 spiro atoms. The summed E-state index contributed by atoms with van der Waals surface area (Å²) < 4.78 is 0. The van der Waals surface area contributed by atoms with E-state index in [1.807, 2.05) is 24.3 Å². The molecule has 0 radical (unpaired) electrons. The molecule has 0 unspecified atom stereocenters. The average molecular weight is 543 g/mol. The minimum absolute atomic E-state index is 0.118. The van der Waals surface area contributed by atoms with Crippen LogP contribution in [0.4, 0.5) is 17.1 Å². The SMILES string of the molecule is CCCCc1ccc(NC(=O)c2cccc(NC3=C(Cl)C(=O)N(c4ccc(Cl)cc4Cl)C3=O)c2)cc1. The Morgan fingerprint density at radius 1 is 0.889 bits per heavy atom. The number of benzene rings is 3. The van der Waals surface area contributed by atoms with Crippen molar-refractivity contribution in [3.8, 4) is 0 Å². The van der Waals surface area contributed by atoms with E-state index in [-0.39, 0.29) is 27.3 Å². The zero-order valence-electron chi connectivity index (χ0n) is 19.3. The fourth-order valence-electron chi connectivity index (χ4n) is 3.71. The first-order valence-corrected chi connectivity index (χ1v) is 12.4. The molecule has 0 atom stereocenters. The highest BCUT2D eigenvalue weighted by Gasteiger charge is 2.39. The third-order valence-corrected chi connectivity index (χ3v) is 6.49. The second-order valence-corrected chi connectivity index (χ2v) is 9.41. The summed E-state index contributed by atoms with van der Waals surface area (Å²) in [4.78, 5) is 39.5. The molecule has 36 heavy (non-hydrogen) atoms. The molecule has 3 aromatic rings. The van der Waals surface area contributed by atoms with Gasteiger partial charge in [0.15, 0.2) is 0 Å². The van der Waals surface area contributed by atoms with E-state index in [9.17, 15) is 14.4 Å². The molecular weight excluding hydrogens is 521 g/mol. The van der Waals surface area contributed by atoms with Gasteiger partial charge in [-0.05, 0) is 66.9 Å². The predicted octanol–water partition coefficient (Wildman–Crippen LogP) is 7.02. The third kappa shape index (κ3) is 5.57. The van der Waals surface area contributed by atoms with Crippen molar-refractivity contribution in [1.82, 2.24) is 0 Å². The summed E-state index contributed by atoms with van der Waals surface area (Å²) in [7, 11) is 0. The molecule has 0 saturated heterocycles. The molecule has 184 valence electrons. The smallest absolute Gasteiger partial charge is 0.283 e. The van der Waals surface area contributed by atoms with Crippen molar-refractivity contribution in [2.24, 2.45) is 0 Å². The highest BCUT2D eigenvalue weighted by molar-refractivity contribution is 6.54. The summed E-state index contributed by atoms with van der Waals surface area (Å²) in [6, 6.07) is 18.7. The predicted molar refractivity (Wildman–Crippen MR) is 145 cm³/mol. The summed E-state index contributed by atoms with van der Waals surface area (Å²) in [5, 5.41) is 5.95. The molecule has 0 saturated carbocycles. The maximum Gasteiger partial charge on any atom is 0.283 e. The average Bonchev–Trinajstić information content (AvgIpc) is 3.07. The number of rotatable bonds is 8. The number of hydrogen-bond donors (Lipinski definition) is 2. The first kappa shape index (κ1) is 25.8. The number of hydrogen-bond acceptors (Lipinski definition) is 4. The molecule has 3 aromatic carbocycles. The number of carbonyl (C=O) groups excluding carboxylic acids is 3. The highest BCUT2D eigenvalue weighted by Crippen LogP contribution is 2.35. The number of nitrogens with zero attached hydrogens (tertiary/aromatic N) is 1. The van der Waals surface area contributed by atoms with Crippen LogP contribution < -0.4 is 15.5 Å². The van der Waals surface area contributed by atoms with E-state index in [0.29, 0.717) is 22.0 Å². The number of anilines is 3. The van der Waals surface area contributed by atoms with Gasteiger partial charge in [0.1, 0.15) is 10.7 Å². The van der Waals surface area contributed by atoms with Crippen LogP contribution >= 0.6 is 34.8 Å². The van der Waals surface area contributed by atoms with Crippen LogP contribution in [-0.2, 0) is 16.0 Å². The molecule has 1 aliphatic rings. The molecule has 0 bridgehead atoms. The van der Waals surface area contributed by atoms with Crippen molar-refractivity contribution in [2.45, 2.75) is 26.2 Å². The van der Waals surface area contributed by atoms with Crippen LogP contribution in [0.3, 0.4) is 0 Å².